The van der Waals surface area contributed by atoms with Crippen LogP contribution in [0.2, 0.25) is 0 Å². The van der Waals surface area contributed by atoms with E-state index in [2.05, 4.69) is 24.9 Å². The quantitative estimate of drug-likeness (QED) is 0.582. The molecule has 0 radical (unpaired) electrons. The Labute approximate surface area is 183 Å². The van der Waals surface area contributed by atoms with Crippen LogP contribution in [-0.2, 0) is 16.1 Å². The van der Waals surface area contributed by atoms with Crippen molar-refractivity contribution in [2.45, 2.75) is 26.8 Å². The molecule has 2 amide bonds. The van der Waals surface area contributed by atoms with Gasteiger partial charge < -0.3 is 15.5 Å². The molecule has 1 saturated carbocycles. The lowest BCUT2D eigenvalue weighted by molar-refractivity contribution is -0.146. The first kappa shape index (κ1) is 21.1. The Bertz CT molecular complexity index is 969. The lowest BCUT2D eigenvalue weighted by Crippen LogP contribution is -2.62. The third kappa shape index (κ3) is 3.95. The molecule has 0 aromatic heterocycles. The smallest absolute Gasteiger partial charge is 0.256 e. The Kier molecular flexibility index (Phi) is 5.34. The van der Waals surface area contributed by atoms with Gasteiger partial charge in [-0.3, -0.25) is 14.6 Å². The van der Waals surface area contributed by atoms with Crippen molar-refractivity contribution in [3.8, 4) is 6.07 Å². The van der Waals surface area contributed by atoms with Crippen molar-refractivity contribution in [1.29, 1.82) is 5.26 Å². The highest BCUT2D eigenvalue weighted by atomic mass is 16.2. The first-order valence-electron chi connectivity index (χ1n) is 10.7. The SMILES string of the molecule is CC1(C)C[C@@H]1C(=O)N1CC2(CN(C(=O)/C(C=NCc3ccccc3)=C/N)CC2C#N)C1. The molecule has 2 atom stereocenters. The number of carbonyl (C=O) groups is 2. The number of benzene rings is 1. The van der Waals surface area contributed by atoms with Crippen LogP contribution in [0.15, 0.2) is 47.1 Å². The Hall–Kier alpha value is -3.14. The van der Waals surface area contributed by atoms with Gasteiger partial charge in [-0.15, -0.1) is 0 Å². The molecule has 3 aliphatic rings. The van der Waals surface area contributed by atoms with Crippen LogP contribution in [0.5, 0.6) is 0 Å². The zero-order valence-corrected chi connectivity index (χ0v) is 18.1. The maximum absolute atomic E-state index is 13.0. The second-order valence-corrected chi connectivity index (χ2v) is 9.75. The number of hydrogen-bond donors (Lipinski definition) is 1. The third-order valence-corrected chi connectivity index (χ3v) is 7.00. The minimum atomic E-state index is -0.333. The fourth-order valence-corrected chi connectivity index (χ4v) is 4.79. The Morgan fingerprint density at radius 1 is 1.23 bits per heavy atom. The van der Waals surface area contributed by atoms with Gasteiger partial charge in [0.1, 0.15) is 0 Å². The number of carbonyl (C=O) groups excluding carboxylic acids is 2. The van der Waals surface area contributed by atoms with E-state index in [0.717, 1.165) is 12.0 Å². The van der Waals surface area contributed by atoms with E-state index in [-0.39, 0.29) is 34.5 Å². The largest absolute Gasteiger partial charge is 0.404 e. The molecule has 31 heavy (non-hydrogen) atoms. The first-order valence-corrected chi connectivity index (χ1v) is 10.7. The molecule has 7 nitrogen and oxygen atoms in total. The summed E-state index contributed by atoms with van der Waals surface area (Å²) in [6.07, 6.45) is 3.71. The lowest BCUT2D eigenvalue weighted by atomic mass is 9.72. The van der Waals surface area contributed by atoms with Crippen molar-refractivity contribution in [3.05, 3.63) is 47.7 Å². The number of likely N-dealkylation sites (tertiary alicyclic amines) is 2. The van der Waals surface area contributed by atoms with E-state index < -0.39 is 0 Å². The van der Waals surface area contributed by atoms with Crippen LogP contribution in [-0.4, -0.2) is 54.0 Å². The molecule has 0 bridgehead atoms. The Morgan fingerprint density at radius 2 is 1.87 bits per heavy atom. The molecular formula is C24H29N5O2. The highest BCUT2D eigenvalue weighted by Gasteiger charge is 2.60. The van der Waals surface area contributed by atoms with Gasteiger partial charge in [-0.05, 0) is 17.4 Å². The van der Waals surface area contributed by atoms with Gasteiger partial charge in [-0.25, -0.2) is 0 Å². The molecule has 2 N–H and O–H groups in total. The van der Waals surface area contributed by atoms with E-state index in [4.69, 9.17) is 5.73 Å². The van der Waals surface area contributed by atoms with Crippen molar-refractivity contribution in [1.82, 2.24) is 9.80 Å². The van der Waals surface area contributed by atoms with Crippen LogP contribution in [0.1, 0.15) is 25.8 Å². The highest BCUT2D eigenvalue weighted by molar-refractivity contribution is 6.12. The molecule has 2 saturated heterocycles. The van der Waals surface area contributed by atoms with Crippen LogP contribution >= 0.6 is 0 Å². The molecule has 1 unspecified atom stereocenters. The summed E-state index contributed by atoms with van der Waals surface area (Å²) in [5.74, 6) is -0.220. The number of aliphatic imine (C=N–C) groups is 1. The third-order valence-electron chi connectivity index (χ3n) is 7.00. The van der Waals surface area contributed by atoms with E-state index in [0.29, 0.717) is 38.3 Å². The summed E-state index contributed by atoms with van der Waals surface area (Å²) in [7, 11) is 0. The van der Waals surface area contributed by atoms with Gasteiger partial charge >= 0.3 is 0 Å². The zero-order chi connectivity index (χ0) is 22.2. The minimum absolute atomic E-state index is 0.0893. The topological polar surface area (TPSA) is 103 Å². The Balaban J connectivity index is 1.37. The number of rotatable bonds is 5. The molecule has 2 heterocycles. The fraction of sp³-hybridized carbons (Fsp3) is 0.500. The summed E-state index contributed by atoms with van der Waals surface area (Å²) in [6.45, 7) is 6.60. The molecule has 4 rings (SSSR count). The van der Waals surface area contributed by atoms with Crippen LogP contribution in [0.3, 0.4) is 0 Å². The first-order chi connectivity index (χ1) is 14.8. The molecule has 7 heteroatoms. The highest BCUT2D eigenvalue weighted by Crippen LogP contribution is 2.54. The summed E-state index contributed by atoms with van der Waals surface area (Å²) >= 11 is 0. The standard InChI is InChI=1S/C24H29N5O2/c1-23(2)8-20(23)22(31)29-15-24(16-29)14-28(13-19(24)10-26)21(30)18(9-25)12-27-11-17-6-4-3-5-7-17/h3-7,9,12,19-20H,8,11,13-16,25H2,1-2H3/b18-9+,27-12?/t19?,20-/m1/s1. The van der Waals surface area contributed by atoms with Crippen molar-refractivity contribution in [3.63, 3.8) is 0 Å². The molecule has 3 fully saturated rings. The van der Waals surface area contributed by atoms with Crippen LogP contribution < -0.4 is 5.73 Å². The van der Waals surface area contributed by atoms with E-state index in [1.165, 1.54) is 12.4 Å². The average Bonchev–Trinajstić information content (AvgIpc) is 3.20. The number of nitriles is 1. The van der Waals surface area contributed by atoms with Crippen molar-refractivity contribution in [2.75, 3.05) is 26.2 Å². The number of amides is 2. The molecule has 2 aliphatic heterocycles. The molecule has 1 aromatic carbocycles. The number of hydrogen-bond acceptors (Lipinski definition) is 5. The summed E-state index contributed by atoms with van der Waals surface area (Å²) in [6, 6.07) is 12.1. The lowest BCUT2D eigenvalue weighted by Gasteiger charge is -2.49. The normalized spacial score (nSPS) is 26.0. The van der Waals surface area contributed by atoms with Gasteiger partial charge in [-0.1, -0.05) is 44.2 Å². The van der Waals surface area contributed by atoms with Crippen LogP contribution in [0, 0.1) is 34.0 Å². The summed E-state index contributed by atoms with van der Waals surface area (Å²) in [5.41, 5.74) is 6.83. The average molecular weight is 420 g/mol. The van der Waals surface area contributed by atoms with Crippen LogP contribution in [0.25, 0.3) is 0 Å². The summed E-state index contributed by atoms with van der Waals surface area (Å²) in [5, 5.41) is 9.70. The molecule has 1 aromatic rings. The second kappa shape index (κ2) is 7.84. The van der Waals surface area contributed by atoms with Crippen LogP contribution in [0.4, 0.5) is 0 Å². The Morgan fingerprint density at radius 3 is 2.45 bits per heavy atom. The summed E-state index contributed by atoms with van der Waals surface area (Å²) in [4.78, 5) is 33.6. The van der Waals surface area contributed by atoms with Gasteiger partial charge in [0.2, 0.25) is 5.91 Å². The molecule has 162 valence electrons. The maximum Gasteiger partial charge on any atom is 0.256 e. The van der Waals surface area contributed by atoms with Crippen molar-refractivity contribution in [2.24, 2.45) is 33.4 Å². The minimum Gasteiger partial charge on any atom is -0.404 e. The monoisotopic (exact) mass is 419 g/mol. The van der Waals surface area contributed by atoms with Gasteiger partial charge in [0.15, 0.2) is 0 Å². The van der Waals surface area contributed by atoms with Crippen molar-refractivity contribution >= 4 is 18.0 Å². The number of nitrogens with zero attached hydrogens (tertiary/aromatic N) is 4. The molecular weight excluding hydrogens is 390 g/mol. The predicted octanol–water partition coefficient (Wildman–Crippen LogP) is 1.96. The van der Waals surface area contributed by atoms with E-state index in [1.807, 2.05) is 35.2 Å². The van der Waals surface area contributed by atoms with E-state index in [1.54, 1.807) is 4.90 Å². The van der Waals surface area contributed by atoms with Gasteiger partial charge in [-0.2, -0.15) is 5.26 Å². The molecule has 1 aliphatic carbocycles. The summed E-state index contributed by atoms with van der Waals surface area (Å²) < 4.78 is 0. The predicted molar refractivity (Wildman–Crippen MR) is 117 cm³/mol. The number of nitrogens with two attached hydrogens (primary N) is 1. The van der Waals surface area contributed by atoms with E-state index >= 15 is 0 Å². The zero-order valence-electron chi connectivity index (χ0n) is 18.1. The molecule has 1 spiro atoms. The maximum atomic E-state index is 13.0. The second-order valence-electron chi connectivity index (χ2n) is 9.75. The van der Waals surface area contributed by atoms with Gasteiger partial charge in [0.25, 0.3) is 5.91 Å². The van der Waals surface area contributed by atoms with Gasteiger partial charge in [0.05, 0.1) is 24.1 Å². The fourth-order valence-electron chi connectivity index (χ4n) is 4.79. The van der Waals surface area contributed by atoms with Crippen molar-refractivity contribution < 1.29 is 9.59 Å². The van der Waals surface area contributed by atoms with E-state index in [9.17, 15) is 14.9 Å². The van der Waals surface area contributed by atoms with Gasteiger partial charge in [0, 0.05) is 49.9 Å².